The first-order chi connectivity index (χ1) is 17.6. The molecule has 0 spiro atoms. The first-order valence-electron chi connectivity index (χ1n) is 12.7. The predicted octanol–water partition coefficient (Wildman–Crippen LogP) is 2.60. The van der Waals surface area contributed by atoms with E-state index in [0.29, 0.717) is 25.3 Å². The number of aromatic nitrogens is 1. The maximum atomic E-state index is 13.4. The summed E-state index contributed by atoms with van der Waals surface area (Å²) in [7, 11) is 0.933. The summed E-state index contributed by atoms with van der Waals surface area (Å²) in [5.41, 5.74) is 1.62. The SMILES string of the molecule is CC(C)C[C@H](CC(=O)[C@@H](NC(=O)c1cccc(-c2ccccc2)n1)[C@@H](C)O)B1OCCN(C)CC(=O)O1. The van der Waals surface area contributed by atoms with Gasteiger partial charge in [-0.2, -0.15) is 0 Å². The average Bonchev–Trinajstić information content (AvgIpc) is 2.85. The summed E-state index contributed by atoms with van der Waals surface area (Å²) in [6, 6.07) is 13.4. The first kappa shape index (κ1) is 28.5. The average molecular weight is 509 g/mol. The molecule has 1 amide bonds. The highest BCUT2D eigenvalue weighted by atomic mass is 16.6. The van der Waals surface area contributed by atoms with E-state index in [1.807, 2.05) is 44.2 Å². The zero-order chi connectivity index (χ0) is 26.9. The molecule has 0 saturated carbocycles. The van der Waals surface area contributed by atoms with Gasteiger partial charge in [-0.05, 0) is 38.4 Å². The summed E-state index contributed by atoms with van der Waals surface area (Å²) in [5, 5.41) is 13.0. The molecule has 2 aromatic rings. The molecule has 9 nitrogen and oxygen atoms in total. The number of carbonyl (C=O) groups is 3. The van der Waals surface area contributed by atoms with Crippen LogP contribution in [-0.4, -0.2) is 78.7 Å². The monoisotopic (exact) mass is 509 g/mol. The third kappa shape index (κ3) is 8.48. The molecule has 0 aliphatic carbocycles. The smallest absolute Gasteiger partial charge is 0.508 e. The van der Waals surface area contributed by atoms with Crippen LogP contribution in [0.2, 0.25) is 5.82 Å². The number of aliphatic hydroxyl groups is 1. The lowest BCUT2D eigenvalue weighted by atomic mass is 9.64. The van der Waals surface area contributed by atoms with Gasteiger partial charge in [-0.3, -0.25) is 19.3 Å². The van der Waals surface area contributed by atoms with E-state index in [9.17, 15) is 19.5 Å². The van der Waals surface area contributed by atoms with E-state index in [2.05, 4.69) is 10.3 Å². The quantitative estimate of drug-likeness (QED) is 0.470. The molecule has 1 aromatic carbocycles. The lowest BCUT2D eigenvalue weighted by Crippen LogP contribution is -2.49. The number of nitrogens with zero attached hydrogens (tertiary/aromatic N) is 2. The van der Waals surface area contributed by atoms with Crippen LogP contribution in [0.15, 0.2) is 48.5 Å². The molecule has 3 atom stereocenters. The zero-order valence-corrected chi connectivity index (χ0v) is 21.9. The molecule has 0 radical (unpaired) electrons. The predicted molar refractivity (Wildman–Crippen MR) is 141 cm³/mol. The Hall–Kier alpha value is -3.08. The van der Waals surface area contributed by atoms with Crippen molar-refractivity contribution < 1.29 is 28.8 Å². The van der Waals surface area contributed by atoms with Gasteiger partial charge < -0.3 is 19.7 Å². The topological polar surface area (TPSA) is 118 Å². The minimum Gasteiger partial charge on any atom is -0.508 e. The first-order valence-corrected chi connectivity index (χ1v) is 12.7. The van der Waals surface area contributed by atoms with E-state index in [-0.39, 0.29) is 30.4 Å². The van der Waals surface area contributed by atoms with E-state index < -0.39 is 37.0 Å². The molecular formula is C27H36BN3O6. The summed E-state index contributed by atoms with van der Waals surface area (Å²) in [5.74, 6) is -1.56. The lowest BCUT2D eigenvalue weighted by molar-refractivity contribution is -0.138. The van der Waals surface area contributed by atoms with Crippen LogP contribution in [0.3, 0.4) is 0 Å². The Morgan fingerprint density at radius 1 is 1.14 bits per heavy atom. The Labute approximate surface area is 218 Å². The third-order valence-electron chi connectivity index (χ3n) is 6.19. The number of ketones is 1. The summed E-state index contributed by atoms with van der Waals surface area (Å²) in [4.78, 5) is 44.9. The standard InChI is InChI=1S/C27H36BN3O6/c1-18(2)15-21(28-36-14-13-31(4)17-25(34)37-28)16-24(33)26(19(3)32)30-27(35)23-12-8-11-22(29-23)20-9-6-5-7-10-20/h5-12,18-19,21,26,32H,13-17H2,1-4H3,(H,30,35)/t19-,21-,26+/m1/s1. The van der Waals surface area contributed by atoms with Gasteiger partial charge in [-0.1, -0.05) is 50.2 Å². The molecule has 0 bridgehead atoms. The summed E-state index contributed by atoms with van der Waals surface area (Å²) in [6.45, 7) is 6.54. The summed E-state index contributed by atoms with van der Waals surface area (Å²) >= 11 is 0. The molecule has 0 unspecified atom stereocenters. The van der Waals surface area contributed by atoms with Crippen LogP contribution in [0.1, 0.15) is 44.1 Å². The largest absolute Gasteiger partial charge is 0.531 e. The van der Waals surface area contributed by atoms with Crippen molar-refractivity contribution in [3.05, 3.63) is 54.2 Å². The second-order valence-corrected chi connectivity index (χ2v) is 9.99. The molecule has 1 aliphatic rings. The van der Waals surface area contributed by atoms with Gasteiger partial charge in [0.25, 0.3) is 5.91 Å². The maximum absolute atomic E-state index is 13.4. The van der Waals surface area contributed by atoms with Gasteiger partial charge in [0.2, 0.25) is 0 Å². The van der Waals surface area contributed by atoms with Gasteiger partial charge >= 0.3 is 13.1 Å². The van der Waals surface area contributed by atoms with E-state index in [1.165, 1.54) is 6.92 Å². The van der Waals surface area contributed by atoms with Crippen molar-refractivity contribution in [2.75, 3.05) is 26.7 Å². The summed E-state index contributed by atoms with van der Waals surface area (Å²) in [6.07, 6.45) is -0.595. The highest BCUT2D eigenvalue weighted by Gasteiger charge is 2.39. The van der Waals surface area contributed by atoms with Crippen LogP contribution in [0.4, 0.5) is 0 Å². The number of benzene rings is 1. The Bertz CT molecular complexity index is 1070. The Morgan fingerprint density at radius 3 is 2.54 bits per heavy atom. The van der Waals surface area contributed by atoms with Crippen molar-refractivity contribution in [3.63, 3.8) is 0 Å². The van der Waals surface area contributed by atoms with Crippen LogP contribution in [0.25, 0.3) is 11.3 Å². The van der Waals surface area contributed by atoms with Gasteiger partial charge in [0.05, 0.1) is 18.3 Å². The van der Waals surface area contributed by atoms with E-state index >= 15 is 0 Å². The number of pyridine rings is 1. The molecule has 2 N–H and O–H groups in total. The second-order valence-electron chi connectivity index (χ2n) is 9.99. The number of hydrogen-bond acceptors (Lipinski definition) is 8. The molecule has 1 fully saturated rings. The Kier molecular flexibility index (Phi) is 10.4. The van der Waals surface area contributed by atoms with Crippen LogP contribution < -0.4 is 5.32 Å². The molecule has 2 heterocycles. The van der Waals surface area contributed by atoms with E-state index in [0.717, 1.165) is 5.56 Å². The van der Waals surface area contributed by atoms with Crippen LogP contribution >= 0.6 is 0 Å². The lowest BCUT2D eigenvalue weighted by Gasteiger charge is -2.29. The molecule has 3 rings (SSSR count). The second kappa shape index (κ2) is 13.5. The number of likely N-dealkylation sites (N-methyl/N-ethyl adjacent to an activating group) is 1. The van der Waals surface area contributed by atoms with Crippen LogP contribution in [0.5, 0.6) is 0 Å². The number of nitrogens with one attached hydrogen (secondary N) is 1. The van der Waals surface area contributed by atoms with E-state index in [4.69, 9.17) is 9.31 Å². The van der Waals surface area contributed by atoms with Crippen LogP contribution in [-0.2, 0) is 18.9 Å². The van der Waals surface area contributed by atoms with Crippen molar-refractivity contribution in [2.45, 2.75) is 51.6 Å². The fourth-order valence-electron chi connectivity index (χ4n) is 4.35. The highest BCUT2D eigenvalue weighted by Crippen LogP contribution is 2.28. The molecule has 1 saturated heterocycles. The Morgan fingerprint density at radius 2 is 1.86 bits per heavy atom. The van der Waals surface area contributed by atoms with E-state index in [1.54, 1.807) is 30.1 Å². The molecule has 1 aromatic heterocycles. The molecule has 198 valence electrons. The molecule has 1 aliphatic heterocycles. The number of carbonyl (C=O) groups excluding carboxylic acids is 3. The number of aliphatic hydroxyl groups excluding tert-OH is 1. The van der Waals surface area contributed by atoms with Gasteiger partial charge in [0.1, 0.15) is 11.7 Å². The van der Waals surface area contributed by atoms with Gasteiger partial charge in [-0.15, -0.1) is 0 Å². The van der Waals surface area contributed by atoms with Crippen molar-refractivity contribution in [1.82, 2.24) is 15.2 Å². The van der Waals surface area contributed by atoms with Gasteiger partial charge in [0, 0.05) is 31.0 Å². The summed E-state index contributed by atoms with van der Waals surface area (Å²) < 4.78 is 11.4. The van der Waals surface area contributed by atoms with Crippen molar-refractivity contribution in [2.24, 2.45) is 5.92 Å². The minimum absolute atomic E-state index is 0.0285. The van der Waals surface area contributed by atoms with Crippen molar-refractivity contribution in [1.29, 1.82) is 0 Å². The normalized spacial score (nSPS) is 17.4. The number of hydrogen-bond donors (Lipinski definition) is 2. The number of rotatable bonds is 10. The van der Waals surface area contributed by atoms with Crippen LogP contribution in [0, 0.1) is 5.92 Å². The fraction of sp³-hybridized carbons (Fsp3) is 0.481. The van der Waals surface area contributed by atoms with Gasteiger partial charge in [0.15, 0.2) is 5.78 Å². The minimum atomic E-state index is -1.15. The Balaban J connectivity index is 1.73. The van der Waals surface area contributed by atoms with Gasteiger partial charge in [-0.25, -0.2) is 4.98 Å². The number of Topliss-reactive ketones (excluding diaryl/α,β-unsaturated/α-hetero) is 1. The molecular weight excluding hydrogens is 473 g/mol. The molecule has 37 heavy (non-hydrogen) atoms. The molecule has 10 heteroatoms. The third-order valence-corrected chi connectivity index (χ3v) is 6.19. The zero-order valence-electron chi connectivity index (χ0n) is 21.9. The maximum Gasteiger partial charge on any atom is 0.531 e. The highest BCUT2D eigenvalue weighted by molar-refractivity contribution is 6.49. The van der Waals surface area contributed by atoms with Crippen molar-refractivity contribution in [3.8, 4) is 11.3 Å². The number of amides is 1. The fourth-order valence-corrected chi connectivity index (χ4v) is 4.35. The van der Waals surface area contributed by atoms with Crippen molar-refractivity contribution >= 4 is 24.8 Å².